The van der Waals surface area contributed by atoms with Crippen LogP contribution in [0.2, 0.25) is 0 Å². The minimum absolute atomic E-state index is 0.192. The largest absolute Gasteiger partial charge is 0.392 e. The highest BCUT2D eigenvalue weighted by molar-refractivity contribution is 8.78. The molecule has 3 aromatic rings. The van der Waals surface area contributed by atoms with Crippen molar-refractivity contribution in [1.29, 1.82) is 0 Å². The molecule has 2 aromatic carbocycles. The lowest BCUT2D eigenvalue weighted by atomic mass is 9.86. The lowest BCUT2D eigenvalue weighted by Gasteiger charge is -2.57. The molecule has 16 heteroatoms. The number of aliphatic hydroxyl groups is 2. The van der Waals surface area contributed by atoms with Gasteiger partial charge in [-0.05, 0) is 39.3 Å². The average molecular weight is 697 g/mol. The van der Waals surface area contributed by atoms with Crippen LogP contribution in [0.4, 0.5) is 5.69 Å². The average Bonchev–Trinajstić information content (AvgIpc) is 3.69. The molecule has 0 radical (unpaired) electrons. The molecule has 11 rings (SSSR count). The van der Waals surface area contributed by atoms with Gasteiger partial charge < -0.3 is 35.2 Å². The number of carbonyl (C=O) groups is 4. The van der Waals surface area contributed by atoms with E-state index in [0.717, 1.165) is 27.7 Å². The molecule has 12 nitrogen and oxygen atoms in total. The monoisotopic (exact) mass is 696 g/mol. The zero-order chi connectivity index (χ0) is 32.0. The molecule has 4 N–H and O–H groups in total. The Labute approximate surface area is 278 Å². The number of rotatable bonds is 5. The van der Waals surface area contributed by atoms with Crippen molar-refractivity contribution in [3.05, 3.63) is 65.9 Å². The summed E-state index contributed by atoms with van der Waals surface area (Å²) in [5.41, 5.74) is 2.53. The number of para-hydroxylation sites is 2. The van der Waals surface area contributed by atoms with E-state index in [-0.39, 0.29) is 36.5 Å². The van der Waals surface area contributed by atoms with Crippen LogP contribution in [0.1, 0.15) is 17.5 Å². The second-order valence-electron chi connectivity index (χ2n) is 12.6. The number of benzene rings is 2. The number of hydrogen-bond acceptors (Lipinski definition) is 11. The van der Waals surface area contributed by atoms with Crippen LogP contribution in [0.3, 0.4) is 0 Å². The van der Waals surface area contributed by atoms with E-state index >= 15 is 0 Å². The minimum atomic E-state index is -1.43. The number of piperazine rings is 2. The highest BCUT2D eigenvalue weighted by Crippen LogP contribution is 2.69. The Hall–Kier alpha value is -3.02. The van der Waals surface area contributed by atoms with Crippen molar-refractivity contribution in [2.24, 2.45) is 0 Å². The van der Waals surface area contributed by atoms with Gasteiger partial charge in [0.25, 0.3) is 23.6 Å². The van der Waals surface area contributed by atoms with Crippen LogP contribution in [-0.2, 0) is 31.1 Å². The quantitative estimate of drug-likeness (QED) is 0.288. The Balaban J connectivity index is 1.25. The van der Waals surface area contributed by atoms with Gasteiger partial charge in [-0.25, -0.2) is 0 Å². The first-order chi connectivity index (χ1) is 22.0. The Morgan fingerprint density at radius 2 is 1.57 bits per heavy atom. The van der Waals surface area contributed by atoms with Gasteiger partial charge in [0.15, 0.2) is 14.6 Å². The lowest BCUT2D eigenvalue weighted by Crippen LogP contribution is -2.77. The molecule has 8 aliphatic heterocycles. The van der Waals surface area contributed by atoms with Crippen molar-refractivity contribution in [2.75, 3.05) is 32.6 Å². The van der Waals surface area contributed by atoms with E-state index in [9.17, 15) is 29.4 Å². The first-order valence-corrected chi connectivity index (χ1v) is 19.0. The first kappa shape index (κ1) is 29.1. The van der Waals surface area contributed by atoms with E-state index < -0.39 is 44.4 Å². The van der Waals surface area contributed by atoms with Crippen molar-refractivity contribution >= 4 is 83.4 Å². The number of carbonyl (C=O) groups excluding carboxylic acids is 4. The molecular weight excluding hydrogens is 669 g/mol. The topological polar surface area (TPSA) is 147 Å². The summed E-state index contributed by atoms with van der Waals surface area (Å²) >= 11 is 0. The van der Waals surface area contributed by atoms with Crippen LogP contribution in [0.5, 0.6) is 0 Å². The van der Waals surface area contributed by atoms with E-state index in [2.05, 4.69) is 15.2 Å². The maximum atomic E-state index is 14.4. The van der Waals surface area contributed by atoms with Gasteiger partial charge in [-0.2, -0.15) is 0 Å². The van der Waals surface area contributed by atoms with Crippen LogP contribution >= 0.6 is 43.2 Å². The Kier molecular flexibility index (Phi) is 5.77. The van der Waals surface area contributed by atoms with E-state index in [4.69, 9.17) is 0 Å². The van der Waals surface area contributed by atoms with Gasteiger partial charge >= 0.3 is 0 Å². The summed E-state index contributed by atoms with van der Waals surface area (Å²) in [6, 6.07) is 15.7. The van der Waals surface area contributed by atoms with Crippen molar-refractivity contribution < 1.29 is 29.4 Å². The molecule has 7 fully saturated rings. The third kappa shape index (κ3) is 3.03. The number of aromatic nitrogens is 1. The fraction of sp³-hybridized carbons (Fsp3) is 0.400. The van der Waals surface area contributed by atoms with E-state index in [1.807, 2.05) is 54.7 Å². The standard InChI is InChI=1S/C30H28N6O6S4/c1-33-23(40)27(14-37)32-22(39)28(33,44-43-27)11-16-12-35(20-10-6-3-7-17(16)20)26-13-29-24(41)34(2)30(15-38,46-45-29)25(42)36(29)21(26)31-19-9-5-4-8-18(19)26/h3-10,12,21,31,37-38H,11,13-15H2,1-2H3,(H,32,39)/t21-,26+,27+,28+,29+,30+/m1/s1. The summed E-state index contributed by atoms with van der Waals surface area (Å²) in [5, 5.41) is 27.8. The van der Waals surface area contributed by atoms with E-state index in [1.165, 1.54) is 53.0 Å². The smallest absolute Gasteiger partial charge is 0.265 e. The second-order valence-corrected chi connectivity index (χ2v) is 18.0. The number of nitrogens with zero attached hydrogens (tertiary/aromatic N) is 4. The normalized spacial score (nSPS) is 37.1. The van der Waals surface area contributed by atoms with Gasteiger partial charge in [0.1, 0.15) is 11.7 Å². The van der Waals surface area contributed by atoms with Gasteiger partial charge in [0.2, 0.25) is 4.87 Å². The lowest BCUT2D eigenvalue weighted by molar-refractivity contribution is -0.166. The first-order valence-electron chi connectivity index (χ1n) is 14.7. The molecule has 1 aromatic heterocycles. The third-order valence-electron chi connectivity index (χ3n) is 10.6. The highest BCUT2D eigenvalue weighted by Gasteiger charge is 2.78. The molecule has 0 unspecified atom stereocenters. The van der Waals surface area contributed by atoms with Crippen LogP contribution in [-0.4, -0.2) is 106 Å². The van der Waals surface area contributed by atoms with Gasteiger partial charge in [-0.3, -0.25) is 24.1 Å². The second kappa shape index (κ2) is 9.11. The fourth-order valence-electron chi connectivity index (χ4n) is 8.18. The van der Waals surface area contributed by atoms with Crippen LogP contribution in [0, 0.1) is 0 Å². The molecule has 4 amide bonds. The summed E-state index contributed by atoms with van der Waals surface area (Å²) in [6.45, 7) is -1.02. The van der Waals surface area contributed by atoms with Crippen LogP contribution in [0.25, 0.3) is 10.9 Å². The number of hydrogen-bond donors (Lipinski definition) is 4. The maximum absolute atomic E-state index is 14.4. The maximum Gasteiger partial charge on any atom is 0.265 e. The highest BCUT2D eigenvalue weighted by atomic mass is 33.1. The molecule has 8 aliphatic rings. The fourth-order valence-corrected chi connectivity index (χ4v) is 15.1. The van der Waals surface area contributed by atoms with Gasteiger partial charge in [0, 0.05) is 55.3 Å². The van der Waals surface area contributed by atoms with E-state index in [0.29, 0.717) is 0 Å². The van der Waals surface area contributed by atoms with Gasteiger partial charge in [-0.15, -0.1) is 0 Å². The van der Waals surface area contributed by atoms with Crippen molar-refractivity contribution in [1.82, 2.24) is 24.6 Å². The molecule has 0 aliphatic carbocycles. The van der Waals surface area contributed by atoms with Crippen LogP contribution < -0.4 is 10.6 Å². The zero-order valence-electron chi connectivity index (χ0n) is 24.6. The Morgan fingerprint density at radius 3 is 2.33 bits per heavy atom. The van der Waals surface area contributed by atoms with Crippen molar-refractivity contribution in [2.45, 2.75) is 44.0 Å². The summed E-state index contributed by atoms with van der Waals surface area (Å²) < 4.78 is 2.15. The Morgan fingerprint density at radius 1 is 0.848 bits per heavy atom. The number of nitrogens with one attached hydrogen (secondary N) is 2. The van der Waals surface area contributed by atoms with Crippen molar-refractivity contribution in [3.8, 4) is 0 Å². The molecule has 4 bridgehead atoms. The van der Waals surface area contributed by atoms with Gasteiger partial charge in [-0.1, -0.05) is 58.0 Å². The Bertz CT molecular complexity index is 1940. The predicted octanol–water partition coefficient (Wildman–Crippen LogP) is 1.53. The number of fused-ring (bicyclic) bond motifs is 9. The SMILES string of the molecule is CN1C(=O)[C@@]2(CO)NC(=O)[C@]1(Cc1cn([C@]34C[C@@]56SS[C@@](CO)(C(=O)N5[C@H]3Nc3ccccc34)N(C)C6=O)c3ccccc13)SS2. The summed E-state index contributed by atoms with van der Waals surface area (Å²) in [4.78, 5) is 54.9. The molecular formula is C30H28N6O6S4. The van der Waals surface area contributed by atoms with E-state index in [1.54, 1.807) is 19.0 Å². The molecule has 0 saturated carbocycles. The van der Waals surface area contributed by atoms with Crippen LogP contribution in [0.15, 0.2) is 54.7 Å². The molecule has 1 spiro atoms. The third-order valence-corrected chi connectivity index (χ3v) is 17.8. The molecule has 7 saturated heterocycles. The predicted molar refractivity (Wildman–Crippen MR) is 177 cm³/mol. The minimum Gasteiger partial charge on any atom is -0.392 e. The van der Waals surface area contributed by atoms with Crippen molar-refractivity contribution in [3.63, 3.8) is 0 Å². The van der Waals surface area contributed by atoms with Gasteiger partial charge in [0.05, 0.1) is 13.2 Å². The number of anilines is 1. The molecule has 238 valence electrons. The number of likely N-dealkylation sites (N-methyl/N-ethyl adjacent to an activating group) is 2. The molecule has 6 atom stereocenters. The summed E-state index contributed by atoms with van der Waals surface area (Å²) in [6.07, 6.45) is 1.82. The molecule has 46 heavy (non-hydrogen) atoms. The zero-order valence-corrected chi connectivity index (χ0v) is 27.8. The number of aliphatic hydroxyl groups excluding tert-OH is 2. The molecule has 9 heterocycles. The summed E-state index contributed by atoms with van der Waals surface area (Å²) in [5.74, 6) is -1.24. The summed E-state index contributed by atoms with van der Waals surface area (Å²) in [7, 11) is 8.23. The number of amides is 4.